The summed E-state index contributed by atoms with van der Waals surface area (Å²) in [6.45, 7) is 0. The largest absolute Gasteiger partial charge is 0.0622 e. The molecule has 0 atom stereocenters. The second-order valence-corrected chi connectivity index (χ2v) is 9.75. The smallest absolute Gasteiger partial charge is 0.0260 e. The highest BCUT2D eigenvalue weighted by Gasteiger charge is 2.24. The van der Waals surface area contributed by atoms with Crippen molar-refractivity contribution in [2.75, 3.05) is 0 Å². The molecule has 0 saturated carbocycles. The van der Waals surface area contributed by atoms with Crippen molar-refractivity contribution in [2.45, 2.75) is 12.8 Å². The van der Waals surface area contributed by atoms with E-state index >= 15 is 0 Å². The van der Waals surface area contributed by atoms with E-state index in [2.05, 4.69) is 101 Å². The molecule has 0 N–H and O–H groups in total. The molecule has 1 aliphatic carbocycles. The van der Waals surface area contributed by atoms with Gasteiger partial charge in [0.05, 0.1) is 0 Å². The second kappa shape index (κ2) is 6.65. The third-order valence-corrected chi connectivity index (χ3v) is 8.34. The van der Waals surface area contributed by atoms with Crippen LogP contribution >= 0.6 is 23.9 Å². The van der Waals surface area contributed by atoms with Gasteiger partial charge in [0.2, 0.25) is 0 Å². The molecule has 0 aliphatic heterocycles. The van der Waals surface area contributed by atoms with Crippen LogP contribution in [-0.4, -0.2) is 0 Å². The first-order valence-electron chi connectivity index (χ1n) is 8.96. The second-order valence-electron chi connectivity index (χ2n) is 6.71. The van der Waals surface area contributed by atoms with Gasteiger partial charge in [-0.05, 0) is 59.3 Å². The average Bonchev–Trinajstić information content (AvgIpc) is 3.11. The van der Waals surface area contributed by atoms with Gasteiger partial charge in [-0.25, -0.2) is 0 Å². The SMILES string of the molecule is Brc1ccc2c3c(ccc(P(c4ccccc4)c4ccccc4)c13)CC2. The third kappa shape index (κ3) is 2.62. The Morgan fingerprint density at radius 1 is 0.577 bits per heavy atom. The number of halogens is 1. The van der Waals surface area contributed by atoms with E-state index in [-0.39, 0.29) is 0 Å². The van der Waals surface area contributed by atoms with Crippen molar-refractivity contribution in [2.24, 2.45) is 0 Å². The van der Waals surface area contributed by atoms with Gasteiger partial charge in [0, 0.05) is 9.86 Å². The van der Waals surface area contributed by atoms with Crippen LogP contribution in [0.25, 0.3) is 10.8 Å². The lowest BCUT2D eigenvalue weighted by Gasteiger charge is -2.22. The molecule has 126 valence electrons. The fraction of sp³-hybridized carbons (Fsp3) is 0.0833. The Labute approximate surface area is 163 Å². The summed E-state index contributed by atoms with van der Waals surface area (Å²) in [6, 6.07) is 31.2. The predicted molar refractivity (Wildman–Crippen MR) is 118 cm³/mol. The van der Waals surface area contributed by atoms with Gasteiger partial charge >= 0.3 is 0 Å². The standard InChI is InChI=1S/C24H18BrP/c25-21-15-13-17-11-12-18-14-16-22(24(21)23(17)18)26(19-7-3-1-4-8-19)20-9-5-2-6-10-20/h1-10,13-16H,11-12H2. The summed E-state index contributed by atoms with van der Waals surface area (Å²) in [6.07, 6.45) is 2.33. The van der Waals surface area contributed by atoms with Gasteiger partial charge < -0.3 is 0 Å². The first-order chi connectivity index (χ1) is 12.8. The summed E-state index contributed by atoms with van der Waals surface area (Å²) >= 11 is 3.87. The maximum Gasteiger partial charge on any atom is 0.0260 e. The van der Waals surface area contributed by atoms with E-state index < -0.39 is 7.92 Å². The number of rotatable bonds is 3. The van der Waals surface area contributed by atoms with Crippen LogP contribution in [0.15, 0.2) is 89.4 Å². The van der Waals surface area contributed by atoms with Crippen molar-refractivity contribution in [3.63, 3.8) is 0 Å². The van der Waals surface area contributed by atoms with Gasteiger partial charge in [0.1, 0.15) is 0 Å². The molecular weight excluding hydrogens is 399 g/mol. The van der Waals surface area contributed by atoms with Crippen LogP contribution in [0, 0.1) is 0 Å². The maximum absolute atomic E-state index is 3.87. The highest BCUT2D eigenvalue weighted by molar-refractivity contribution is 9.10. The molecule has 4 aromatic carbocycles. The Morgan fingerprint density at radius 3 is 1.69 bits per heavy atom. The molecule has 2 heteroatoms. The van der Waals surface area contributed by atoms with E-state index in [1.54, 1.807) is 0 Å². The van der Waals surface area contributed by atoms with Crippen LogP contribution in [-0.2, 0) is 12.8 Å². The molecule has 5 rings (SSSR count). The van der Waals surface area contributed by atoms with Crippen LogP contribution in [0.2, 0.25) is 0 Å². The zero-order chi connectivity index (χ0) is 17.5. The van der Waals surface area contributed by atoms with Crippen LogP contribution in [0.3, 0.4) is 0 Å². The van der Waals surface area contributed by atoms with Crippen molar-refractivity contribution >= 4 is 50.5 Å². The summed E-state index contributed by atoms with van der Waals surface area (Å²) < 4.78 is 1.22. The minimum Gasteiger partial charge on any atom is -0.0622 e. The lowest BCUT2D eigenvalue weighted by molar-refractivity contribution is 1.02. The first kappa shape index (κ1) is 16.2. The van der Waals surface area contributed by atoms with Crippen LogP contribution in [0.4, 0.5) is 0 Å². The van der Waals surface area contributed by atoms with E-state index in [0.29, 0.717) is 0 Å². The molecule has 0 fully saturated rings. The first-order valence-corrected chi connectivity index (χ1v) is 11.1. The van der Waals surface area contributed by atoms with Gasteiger partial charge in [-0.15, -0.1) is 0 Å². The van der Waals surface area contributed by atoms with Gasteiger partial charge in [0.25, 0.3) is 0 Å². The molecule has 26 heavy (non-hydrogen) atoms. The van der Waals surface area contributed by atoms with Crippen LogP contribution in [0.1, 0.15) is 11.1 Å². The van der Waals surface area contributed by atoms with Crippen molar-refractivity contribution in [3.05, 3.63) is 101 Å². The maximum atomic E-state index is 3.87. The lowest BCUT2D eigenvalue weighted by atomic mass is 10.1. The van der Waals surface area contributed by atoms with Gasteiger partial charge in [-0.3, -0.25) is 0 Å². The number of aryl methyl sites for hydroxylation is 2. The van der Waals surface area contributed by atoms with Crippen molar-refractivity contribution < 1.29 is 0 Å². The molecule has 0 amide bonds. The highest BCUT2D eigenvalue weighted by atomic mass is 79.9. The summed E-state index contributed by atoms with van der Waals surface area (Å²) in [5, 5.41) is 7.15. The summed E-state index contributed by atoms with van der Waals surface area (Å²) in [4.78, 5) is 0. The van der Waals surface area contributed by atoms with E-state index in [1.807, 2.05) is 0 Å². The topological polar surface area (TPSA) is 0 Å². The zero-order valence-electron chi connectivity index (χ0n) is 14.3. The molecule has 0 aromatic heterocycles. The minimum absolute atomic E-state index is 0.589. The molecule has 4 aromatic rings. The zero-order valence-corrected chi connectivity index (χ0v) is 16.8. The quantitative estimate of drug-likeness (QED) is 0.389. The summed E-state index contributed by atoms with van der Waals surface area (Å²) in [5.41, 5.74) is 2.99. The Hall–Kier alpha value is -1.95. The molecule has 0 radical (unpaired) electrons. The lowest BCUT2D eigenvalue weighted by Crippen LogP contribution is -2.21. The van der Waals surface area contributed by atoms with E-state index in [1.165, 1.54) is 42.3 Å². The monoisotopic (exact) mass is 416 g/mol. The molecule has 1 aliphatic rings. The molecule has 0 spiro atoms. The third-order valence-electron chi connectivity index (χ3n) is 5.19. The van der Waals surface area contributed by atoms with Gasteiger partial charge in [-0.1, -0.05) is 94.8 Å². The van der Waals surface area contributed by atoms with Gasteiger partial charge in [-0.2, -0.15) is 0 Å². The van der Waals surface area contributed by atoms with Gasteiger partial charge in [0.15, 0.2) is 0 Å². The Balaban J connectivity index is 1.84. The predicted octanol–water partition coefficient (Wildman–Crippen LogP) is 5.46. The average molecular weight is 417 g/mol. The Bertz CT molecular complexity index is 1040. The molecule has 0 unspecified atom stereocenters. The van der Waals surface area contributed by atoms with E-state index in [9.17, 15) is 0 Å². The fourth-order valence-electron chi connectivity index (χ4n) is 4.04. The van der Waals surface area contributed by atoms with Crippen LogP contribution < -0.4 is 15.9 Å². The summed E-state index contributed by atoms with van der Waals surface area (Å²) in [5.74, 6) is 0. The Morgan fingerprint density at radius 2 is 1.12 bits per heavy atom. The number of hydrogen-bond acceptors (Lipinski definition) is 0. The van der Waals surface area contributed by atoms with Crippen molar-refractivity contribution in [1.29, 1.82) is 0 Å². The van der Waals surface area contributed by atoms with Crippen LogP contribution in [0.5, 0.6) is 0 Å². The van der Waals surface area contributed by atoms with Crippen molar-refractivity contribution in [1.82, 2.24) is 0 Å². The highest BCUT2D eigenvalue weighted by Crippen LogP contribution is 2.41. The normalized spacial score (nSPS) is 12.8. The van der Waals surface area contributed by atoms with E-state index in [0.717, 1.165) is 12.8 Å². The molecule has 0 saturated heterocycles. The molecular formula is C24H18BrP. The van der Waals surface area contributed by atoms with E-state index in [4.69, 9.17) is 0 Å². The fourth-order valence-corrected chi connectivity index (χ4v) is 7.21. The summed E-state index contributed by atoms with van der Waals surface area (Å²) in [7, 11) is -0.589. The van der Waals surface area contributed by atoms with Crippen molar-refractivity contribution in [3.8, 4) is 0 Å². The number of hydrogen-bond donors (Lipinski definition) is 0. The molecule has 0 heterocycles. The molecule has 0 bridgehead atoms. The Kier molecular flexibility index (Phi) is 4.15. The molecule has 0 nitrogen and oxygen atoms in total. The number of benzene rings is 4. The minimum atomic E-state index is -0.589.